The Morgan fingerprint density at radius 3 is 2.58 bits per heavy atom. The molecule has 8 heteroatoms. The molecule has 0 bridgehead atoms. The van der Waals surface area contributed by atoms with Gasteiger partial charge in [0.05, 0.1) is 0 Å². The Morgan fingerprint density at radius 2 is 1.92 bits per heavy atom. The van der Waals surface area contributed by atoms with Crippen molar-refractivity contribution in [1.29, 1.82) is 0 Å². The van der Waals surface area contributed by atoms with Crippen molar-refractivity contribution in [3.05, 3.63) is 69.6 Å². The molecule has 0 amide bonds. The van der Waals surface area contributed by atoms with E-state index in [4.69, 9.17) is 0 Å². The molecule has 0 aliphatic carbocycles. The number of fused-ring (bicyclic) bond motifs is 3. The summed E-state index contributed by atoms with van der Waals surface area (Å²) in [6.07, 6.45) is 3.32. The number of phenolic OH excluding ortho intramolecular Hbond substituents is 1. The first-order valence-corrected chi connectivity index (χ1v) is 8.04. The van der Waals surface area contributed by atoms with Crippen LogP contribution in [0.25, 0.3) is 22.6 Å². The summed E-state index contributed by atoms with van der Waals surface area (Å²) < 4.78 is 6.06. The van der Waals surface area contributed by atoms with Crippen LogP contribution in [0.5, 0.6) is 5.75 Å². The zero-order valence-corrected chi connectivity index (χ0v) is 14.4. The standard InChI is InChI=1S/C18H17N5O3/c1-4-9-21-16(25)14-15(20(3)18(21)26)19-17-22(14)10-11(2)23(17)12-5-7-13(24)8-6-12/h4-8,10,24H,1,9H2,2-3H3. The van der Waals surface area contributed by atoms with Crippen LogP contribution in [0.4, 0.5) is 0 Å². The van der Waals surface area contributed by atoms with Crippen molar-refractivity contribution in [1.82, 2.24) is 23.1 Å². The van der Waals surface area contributed by atoms with Crippen molar-refractivity contribution in [3.8, 4) is 11.4 Å². The van der Waals surface area contributed by atoms with E-state index in [-0.39, 0.29) is 12.3 Å². The van der Waals surface area contributed by atoms with E-state index in [2.05, 4.69) is 11.6 Å². The summed E-state index contributed by atoms with van der Waals surface area (Å²) in [6, 6.07) is 6.69. The number of aromatic nitrogens is 5. The summed E-state index contributed by atoms with van der Waals surface area (Å²) in [5, 5.41) is 9.52. The molecule has 3 heterocycles. The normalized spacial score (nSPS) is 11.5. The molecule has 4 aromatic rings. The van der Waals surface area contributed by atoms with Crippen molar-refractivity contribution in [2.45, 2.75) is 13.5 Å². The Bertz CT molecular complexity index is 1290. The second kappa shape index (κ2) is 5.48. The minimum absolute atomic E-state index is 0.131. The van der Waals surface area contributed by atoms with E-state index in [1.807, 2.05) is 17.7 Å². The maximum Gasteiger partial charge on any atom is 0.332 e. The molecule has 4 rings (SSSR count). The first-order chi connectivity index (χ1) is 12.4. The quantitative estimate of drug-likeness (QED) is 0.564. The Hall–Kier alpha value is -3.55. The summed E-state index contributed by atoms with van der Waals surface area (Å²) in [7, 11) is 1.59. The van der Waals surface area contributed by atoms with Crippen LogP contribution in [0.3, 0.4) is 0 Å². The largest absolute Gasteiger partial charge is 0.508 e. The van der Waals surface area contributed by atoms with Crippen LogP contribution >= 0.6 is 0 Å². The highest BCUT2D eigenvalue weighted by molar-refractivity contribution is 5.76. The molecular formula is C18H17N5O3. The lowest BCUT2D eigenvalue weighted by atomic mass is 10.3. The first-order valence-electron chi connectivity index (χ1n) is 8.04. The van der Waals surface area contributed by atoms with Gasteiger partial charge < -0.3 is 5.11 Å². The van der Waals surface area contributed by atoms with Gasteiger partial charge in [0.25, 0.3) is 5.56 Å². The second-order valence-electron chi connectivity index (χ2n) is 6.12. The van der Waals surface area contributed by atoms with Crippen LogP contribution < -0.4 is 11.2 Å². The highest BCUT2D eigenvalue weighted by Crippen LogP contribution is 2.22. The molecule has 0 fully saturated rings. The van der Waals surface area contributed by atoms with Crippen molar-refractivity contribution in [2.24, 2.45) is 7.05 Å². The van der Waals surface area contributed by atoms with E-state index >= 15 is 0 Å². The molecule has 3 aromatic heterocycles. The van der Waals surface area contributed by atoms with Crippen molar-refractivity contribution in [2.75, 3.05) is 0 Å². The average Bonchev–Trinajstić information content (AvgIpc) is 3.12. The predicted octanol–water partition coefficient (Wildman–Crippen LogP) is 1.34. The van der Waals surface area contributed by atoms with Gasteiger partial charge in [0.1, 0.15) is 5.75 Å². The Balaban J connectivity index is 2.15. The molecule has 26 heavy (non-hydrogen) atoms. The lowest BCUT2D eigenvalue weighted by Crippen LogP contribution is -2.39. The third-order valence-electron chi connectivity index (χ3n) is 4.45. The molecule has 0 aliphatic rings. The van der Waals surface area contributed by atoms with E-state index in [1.54, 1.807) is 35.7 Å². The van der Waals surface area contributed by atoms with Gasteiger partial charge in [0.15, 0.2) is 11.2 Å². The summed E-state index contributed by atoms with van der Waals surface area (Å²) in [6.45, 7) is 5.64. The number of aryl methyl sites for hydroxylation is 2. The van der Waals surface area contributed by atoms with Gasteiger partial charge in [-0.15, -0.1) is 6.58 Å². The van der Waals surface area contributed by atoms with Crippen LogP contribution in [0, 0.1) is 6.92 Å². The monoisotopic (exact) mass is 351 g/mol. The van der Waals surface area contributed by atoms with Crippen LogP contribution in [-0.2, 0) is 13.6 Å². The molecule has 0 aliphatic heterocycles. The lowest BCUT2D eigenvalue weighted by Gasteiger charge is -2.06. The molecule has 0 saturated carbocycles. The van der Waals surface area contributed by atoms with Gasteiger partial charge in [-0.25, -0.2) is 4.79 Å². The predicted molar refractivity (Wildman–Crippen MR) is 98.1 cm³/mol. The number of aromatic hydroxyl groups is 1. The summed E-state index contributed by atoms with van der Waals surface area (Å²) in [5.74, 6) is 0.685. The number of hydrogen-bond donors (Lipinski definition) is 1. The SMILES string of the molecule is C=CCn1c(=O)c2c(nc3n(-c4ccc(O)cc4)c(C)cn23)n(C)c1=O. The molecular weight excluding hydrogens is 334 g/mol. The van der Waals surface area contributed by atoms with Gasteiger partial charge in [-0.3, -0.25) is 22.9 Å². The average molecular weight is 351 g/mol. The third-order valence-corrected chi connectivity index (χ3v) is 4.45. The minimum atomic E-state index is -0.434. The Kier molecular flexibility index (Phi) is 3.36. The van der Waals surface area contributed by atoms with Gasteiger partial charge in [-0.1, -0.05) is 6.08 Å². The minimum Gasteiger partial charge on any atom is -0.508 e. The van der Waals surface area contributed by atoms with Crippen molar-refractivity contribution < 1.29 is 5.11 Å². The fourth-order valence-electron chi connectivity index (χ4n) is 3.22. The molecule has 1 aromatic carbocycles. The molecule has 8 nitrogen and oxygen atoms in total. The number of phenols is 1. The van der Waals surface area contributed by atoms with Crippen LogP contribution in [-0.4, -0.2) is 28.2 Å². The smallest absolute Gasteiger partial charge is 0.332 e. The van der Waals surface area contributed by atoms with E-state index in [1.165, 1.54) is 10.6 Å². The third kappa shape index (κ3) is 2.05. The van der Waals surface area contributed by atoms with Gasteiger partial charge in [0, 0.05) is 31.2 Å². The fraction of sp³-hybridized carbons (Fsp3) is 0.167. The summed E-state index contributed by atoms with van der Waals surface area (Å²) in [4.78, 5) is 29.9. The topological polar surface area (TPSA) is 86.5 Å². The first kappa shape index (κ1) is 15.9. The van der Waals surface area contributed by atoms with E-state index < -0.39 is 11.2 Å². The van der Waals surface area contributed by atoms with Gasteiger partial charge in [-0.05, 0) is 31.2 Å². The van der Waals surface area contributed by atoms with Crippen LogP contribution in [0.15, 0.2) is 52.7 Å². The number of allylic oxidation sites excluding steroid dienone is 1. The Labute approximate surface area is 147 Å². The van der Waals surface area contributed by atoms with E-state index in [9.17, 15) is 14.7 Å². The van der Waals surface area contributed by atoms with E-state index in [0.29, 0.717) is 16.9 Å². The number of benzene rings is 1. The molecule has 0 radical (unpaired) electrons. The summed E-state index contributed by atoms with van der Waals surface area (Å²) >= 11 is 0. The number of rotatable bonds is 3. The maximum absolute atomic E-state index is 12.9. The van der Waals surface area contributed by atoms with Crippen molar-refractivity contribution >= 4 is 16.9 Å². The highest BCUT2D eigenvalue weighted by atomic mass is 16.3. The molecule has 132 valence electrons. The lowest BCUT2D eigenvalue weighted by molar-refractivity contribution is 0.475. The Morgan fingerprint density at radius 1 is 1.23 bits per heavy atom. The maximum atomic E-state index is 12.9. The van der Waals surface area contributed by atoms with Crippen LogP contribution in [0.2, 0.25) is 0 Å². The molecule has 0 saturated heterocycles. The summed E-state index contributed by atoms with van der Waals surface area (Å²) in [5.41, 5.74) is 1.48. The highest BCUT2D eigenvalue weighted by Gasteiger charge is 2.20. The van der Waals surface area contributed by atoms with Gasteiger partial charge in [-0.2, -0.15) is 4.98 Å². The molecule has 1 N–H and O–H groups in total. The second-order valence-corrected chi connectivity index (χ2v) is 6.12. The molecule has 0 unspecified atom stereocenters. The number of hydrogen-bond acceptors (Lipinski definition) is 4. The number of nitrogens with zero attached hydrogens (tertiary/aromatic N) is 5. The zero-order valence-electron chi connectivity index (χ0n) is 14.4. The molecule has 0 spiro atoms. The van der Waals surface area contributed by atoms with Gasteiger partial charge in [0.2, 0.25) is 5.78 Å². The van der Waals surface area contributed by atoms with E-state index in [0.717, 1.165) is 15.9 Å². The van der Waals surface area contributed by atoms with Crippen LogP contribution in [0.1, 0.15) is 5.69 Å². The number of imidazole rings is 2. The van der Waals surface area contributed by atoms with Crippen molar-refractivity contribution in [3.63, 3.8) is 0 Å². The zero-order chi connectivity index (χ0) is 18.6. The van der Waals surface area contributed by atoms with Gasteiger partial charge >= 0.3 is 5.69 Å². The molecule has 0 atom stereocenters. The fourth-order valence-corrected chi connectivity index (χ4v) is 3.22.